The van der Waals surface area contributed by atoms with Gasteiger partial charge >= 0.3 is 0 Å². The third-order valence-corrected chi connectivity index (χ3v) is 5.46. The third kappa shape index (κ3) is 2.78. The molecule has 5 nitrogen and oxygen atoms in total. The molecule has 3 aliphatic rings. The van der Waals surface area contributed by atoms with Gasteiger partial charge in [-0.25, -0.2) is 0 Å². The molecule has 0 bridgehead atoms. The first kappa shape index (κ1) is 14.8. The van der Waals surface area contributed by atoms with Crippen LogP contribution in [0.2, 0.25) is 0 Å². The molecule has 3 N–H and O–H groups in total. The predicted molar refractivity (Wildman–Crippen MR) is 86.7 cm³/mol. The molecule has 124 valence electrons. The number of nitrogens with two attached hydrogens (primary N) is 1. The molecule has 23 heavy (non-hydrogen) atoms. The zero-order valence-corrected chi connectivity index (χ0v) is 13.3. The summed E-state index contributed by atoms with van der Waals surface area (Å²) in [5, 5.41) is 3.25. The van der Waals surface area contributed by atoms with E-state index in [0.29, 0.717) is 25.7 Å². The van der Waals surface area contributed by atoms with Gasteiger partial charge in [0.15, 0.2) is 11.5 Å². The van der Waals surface area contributed by atoms with Crippen molar-refractivity contribution >= 4 is 5.91 Å². The number of hydrogen-bond donors (Lipinski definition) is 2. The van der Waals surface area contributed by atoms with Crippen LogP contribution in [0.3, 0.4) is 0 Å². The van der Waals surface area contributed by atoms with Gasteiger partial charge in [0.05, 0.1) is 5.54 Å². The van der Waals surface area contributed by atoms with Crippen LogP contribution in [0.4, 0.5) is 0 Å². The van der Waals surface area contributed by atoms with E-state index in [2.05, 4.69) is 11.4 Å². The first-order valence-corrected chi connectivity index (χ1v) is 8.62. The largest absolute Gasteiger partial charge is 0.486 e. The van der Waals surface area contributed by atoms with Gasteiger partial charge in [0.25, 0.3) is 0 Å². The summed E-state index contributed by atoms with van der Waals surface area (Å²) in [4.78, 5) is 12.6. The zero-order valence-electron chi connectivity index (χ0n) is 13.3. The fourth-order valence-electron chi connectivity index (χ4n) is 3.93. The Hall–Kier alpha value is -1.75. The maximum atomic E-state index is 12.6. The molecule has 1 aromatic rings. The Morgan fingerprint density at radius 3 is 2.70 bits per heavy atom. The summed E-state index contributed by atoms with van der Waals surface area (Å²) in [5.74, 6) is 2.13. The molecule has 0 aromatic heterocycles. The monoisotopic (exact) mass is 316 g/mol. The van der Waals surface area contributed by atoms with E-state index in [9.17, 15) is 4.79 Å². The molecule has 0 saturated heterocycles. The number of benzene rings is 1. The van der Waals surface area contributed by atoms with Gasteiger partial charge in [0.2, 0.25) is 5.91 Å². The maximum Gasteiger partial charge on any atom is 0.224 e. The summed E-state index contributed by atoms with van der Waals surface area (Å²) < 4.78 is 11.2. The van der Waals surface area contributed by atoms with Crippen LogP contribution in [0.15, 0.2) is 18.2 Å². The number of carbonyl (C=O) groups excluding carboxylic acids is 1. The van der Waals surface area contributed by atoms with E-state index in [1.807, 2.05) is 12.1 Å². The van der Waals surface area contributed by atoms with Crippen molar-refractivity contribution in [2.45, 2.75) is 43.6 Å². The van der Waals surface area contributed by atoms with Crippen LogP contribution >= 0.6 is 0 Å². The molecule has 1 aromatic carbocycles. The molecule has 1 aliphatic heterocycles. The Morgan fingerprint density at radius 2 is 1.96 bits per heavy atom. The highest BCUT2D eigenvalue weighted by Crippen LogP contribution is 2.49. The van der Waals surface area contributed by atoms with Gasteiger partial charge in [-0.2, -0.15) is 0 Å². The Morgan fingerprint density at radius 1 is 1.22 bits per heavy atom. The van der Waals surface area contributed by atoms with Crippen LogP contribution in [-0.2, 0) is 4.79 Å². The van der Waals surface area contributed by atoms with Crippen molar-refractivity contribution in [1.29, 1.82) is 0 Å². The highest BCUT2D eigenvalue weighted by atomic mass is 16.6. The molecule has 2 unspecified atom stereocenters. The first-order valence-electron chi connectivity index (χ1n) is 8.62. The van der Waals surface area contributed by atoms with Crippen molar-refractivity contribution in [2.24, 2.45) is 11.7 Å². The van der Waals surface area contributed by atoms with E-state index in [0.717, 1.165) is 43.6 Å². The lowest BCUT2D eigenvalue weighted by Crippen LogP contribution is -2.52. The van der Waals surface area contributed by atoms with E-state index in [4.69, 9.17) is 15.2 Å². The number of amides is 1. The van der Waals surface area contributed by atoms with Gasteiger partial charge in [0, 0.05) is 12.5 Å². The van der Waals surface area contributed by atoms with Gasteiger partial charge in [-0.05, 0) is 42.9 Å². The number of nitrogens with one attached hydrogen (secondary N) is 1. The fourth-order valence-corrected chi connectivity index (χ4v) is 3.93. The van der Waals surface area contributed by atoms with E-state index in [1.165, 1.54) is 5.56 Å². The number of carbonyl (C=O) groups is 1. The molecule has 2 saturated carbocycles. The van der Waals surface area contributed by atoms with Crippen LogP contribution in [0.1, 0.15) is 43.6 Å². The predicted octanol–water partition coefficient (Wildman–Crippen LogP) is 1.95. The number of hydrogen-bond acceptors (Lipinski definition) is 4. The number of ether oxygens (including phenoxy) is 2. The van der Waals surface area contributed by atoms with Crippen LogP contribution in [-0.4, -0.2) is 31.2 Å². The molecule has 0 spiro atoms. The van der Waals surface area contributed by atoms with Crippen molar-refractivity contribution in [3.8, 4) is 11.5 Å². The zero-order chi connectivity index (χ0) is 15.9. The fraction of sp³-hybridized carbons (Fsp3) is 0.611. The van der Waals surface area contributed by atoms with Crippen LogP contribution in [0.5, 0.6) is 11.5 Å². The summed E-state index contributed by atoms with van der Waals surface area (Å²) in [6, 6.07) is 6.04. The SMILES string of the molecule is NCC1(NC(=O)C2CC2c2ccc3c(c2)OCCO3)CCCC1. The second-order valence-electron chi connectivity index (χ2n) is 7.03. The minimum Gasteiger partial charge on any atom is -0.486 e. The molecule has 2 fully saturated rings. The van der Waals surface area contributed by atoms with E-state index >= 15 is 0 Å². The molecular formula is C18H24N2O3. The smallest absolute Gasteiger partial charge is 0.224 e. The average Bonchev–Trinajstić information content (AvgIpc) is 3.27. The van der Waals surface area contributed by atoms with Gasteiger partial charge in [0.1, 0.15) is 13.2 Å². The first-order chi connectivity index (χ1) is 11.2. The second-order valence-corrected chi connectivity index (χ2v) is 7.03. The van der Waals surface area contributed by atoms with Crippen molar-refractivity contribution in [2.75, 3.05) is 19.8 Å². The Kier molecular flexibility index (Phi) is 3.68. The highest BCUT2D eigenvalue weighted by molar-refractivity contribution is 5.83. The maximum absolute atomic E-state index is 12.6. The van der Waals surface area contributed by atoms with Gasteiger partial charge in [-0.1, -0.05) is 18.9 Å². The lowest BCUT2D eigenvalue weighted by molar-refractivity contribution is -0.124. The normalized spacial score (nSPS) is 27.5. The van der Waals surface area contributed by atoms with E-state index in [-0.39, 0.29) is 17.4 Å². The average molecular weight is 316 g/mol. The highest BCUT2D eigenvalue weighted by Gasteiger charge is 2.46. The third-order valence-electron chi connectivity index (χ3n) is 5.46. The summed E-state index contributed by atoms with van der Waals surface area (Å²) >= 11 is 0. The minimum atomic E-state index is -0.156. The Bertz CT molecular complexity index is 610. The number of fused-ring (bicyclic) bond motifs is 1. The van der Waals surface area contributed by atoms with Crippen molar-refractivity contribution in [3.63, 3.8) is 0 Å². The van der Waals surface area contributed by atoms with Gasteiger partial charge < -0.3 is 20.5 Å². The molecule has 1 heterocycles. The molecule has 1 amide bonds. The van der Waals surface area contributed by atoms with Gasteiger partial charge in [-0.15, -0.1) is 0 Å². The van der Waals surface area contributed by atoms with E-state index in [1.54, 1.807) is 0 Å². The second kappa shape index (κ2) is 5.71. The Labute approximate surface area is 136 Å². The van der Waals surface area contributed by atoms with E-state index < -0.39 is 0 Å². The van der Waals surface area contributed by atoms with Crippen molar-refractivity contribution in [3.05, 3.63) is 23.8 Å². The summed E-state index contributed by atoms with van der Waals surface area (Å²) in [7, 11) is 0. The van der Waals surface area contributed by atoms with Crippen molar-refractivity contribution < 1.29 is 14.3 Å². The van der Waals surface area contributed by atoms with Crippen molar-refractivity contribution in [1.82, 2.24) is 5.32 Å². The topological polar surface area (TPSA) is 73.6 Å². The minimum absolute atomic E-state index is 0.0709. The van der Waals surface area contributed by atoms with Gasteiger partial charge in [-0.3, -0.25) is 4.79 Å². The van der Waals surface area contributed by atoms with Crippen LogP contribution < -0.4 is 20.5 Å². The Balaban J connectivity index is 1.42. The molecule has 2 aliphatic carbocycles. The molecule has 0 radical (unpaired) electrons. The molecule has 5 heteroatoms. The standard InChI is InChI=1S/C18H24N2O3/c19-11-18(5-1-2-6-18)20-17(21)14-10-13(14)12-3-4-15-16(9-12)23-8-7-22-15/h3-4,9,13-14H,1-2,5-8,10-11,19H2,(H,20,21). The summed E-state index contributed by atoms with van der Waals surface area (Å²) in [6.07, 6.45) is 5.25. The lowest BCUT2D eigenvalue weighted by Gasteiger charge is -2.28. The van der Waals surface area contributed by atoms with Crippen LogP contribution in [0.25, 0.3) is 0 Å². The molecule has 4 rings (SSSR count). The lowest BCUT2D eigenvalue weighted by atomic mass is 9.97. The molecular weight excluding hydrogens is 292 g/mol. The molecule has 2 atom stereocenters. The summed E-state index contributed by atoms with van der Waals surface area (Å²) in [6.45, 7) is 1.73. The summed E-state index contributed by atoms with van der Waals surface area (Å²) in [5.41, 5.74) is 6.93. The number of rotatable bonds is 4. The van der Waals surface area contributed by atoms with Crippen LogP contribution in [0, 0.1) is 5.92 Å². The quantitative estimate of drug-likeness (QED) is 0.890.